The van der Waals surface area contributed by atoms with Gasteiger partial charge in [-0.05, 0) is 48.1 Å². The Hall–Kier alpha value is -0.720. The van der Waals surface area contributed by atoms with Crippen molar-refractivity contribution in [1.29, 1.82) is 0 Å². The predicted molar refractivity (Wildman–Crippen MR) is 108 cm³/mol. The predicted octanol–water partition coefficient (Wildman–Crippen LogP) is 6.01. The summed E-state index contributed by atoms with van der Waals surface area (Å²) in [6.45, 7) is 0.674. The molecule has 0 aliphatic heterocycles. The Morgan fingerprint density at radius 1 is 1.08 bits per heavy atom. The van der Waals surface area contributed by atoms with Crippen molar-refractivity contribution in [3.63, 3.8) is 0 Å². The molecule has 0 radical (unpaired) electrons. The first-order valence-electron chi connectivity index (χ1n) is 6.98. The number of benzene rings is 2. The summed E-state index contributed by atoms with van der Waals surface area (Å²) in [4.78, 5) is 0. The van der Waals surface area contributed by atoms with Crippen LogP contribution in [0.4, 0.5) is 10.1 Å². The van der Waals surface area contributed by atoms with Crippen LogP contribution in [0.1, 0.15) is 5.56 Å². The molecule has 0 atom stereocenters. The van der Waals surface area contributed by atoms with Crippen molar-refractivity contribution in [2.75, 3.05) is 17.6 Å². The van der Waals surface area contributed by atoms with Gasteiger partial charge in [-0.25, -0.2) is 4.39 Å². The molecule has 0 aliphatic carbocycles. The number of nitrogens with one attached hydrogen (secondary N) is 2. The first-order chi connectivity index (χ1) is 11.5. The summed E-state index contributed by atoms with van der Waals surface area (Å²) in [6.07, 6.45) is 0. The van der Waals surface area contributed by atoms with E-state index in [2.05, 4.69) is 10.6 Å². The van der Waals surface area contributed by atoms with Crippen LogP contribution < -0.4 is 10.6 Å². The molecule has 8 heteroatoms. The topological polar surface area (TPSA) is 24.1 Å². The molecule has 0 aliphatic rings. The van der Waals surface area contributed by atoms with Gasteiger partial charge in [-0.2, -0.15) is 11.8 Å². The van der Waals surface area contributed by atoms with Crippen molar-refractivity contribution in [2.24, 2.45) is 0 Å². The second-order valence-corrected chi connectivity index (χ2v) is 7.50. The van der Waals surface area contributed by atoms with Crippen LogP contribution in [0, 0.1) is 5.82 Å². The summed E-state index contributed by atoms with van der Waals surface area (Å²) in [5.74, 6) is 1.09. The summed E-state index contributed by atoms with van der Waals surface area (Å²) in [5.41, 5.74) is 1.57. The Morgan fingerprint density at radius 3 is 2.46 bits per heavy atom. The van der Waals surface area contributed by atoms with Crippen molar-refractivity contribution in [3.05, 3.63) is 62.8 Å². The van der Waals surface area contributed by atoms with E-state index in [4.69, 9.17) is 47.0 Å². The van der Waals surface area contributed by atoms with Gasteiger partial charge in [-0.1, -0.05) is 40.9 Å². The lowest BCUT2D eigenvalue weighted by molar-refractivity contribution is 0.628. The maximum Gasteiger partial charge on any atom is 0.170 e. The van der Waals surface area contributed by atoms with Gasteiger partial charge in [0.2, 0.25) is 0 Å². The quantitative estimate of drug-likeness (QED) is 0.439. The Morgan fingerprint density at radius 2 is 1.79 bits per heavy atom. The molecule has 0 unspecified atom stereocenters. The van der Waals surface area contributed by atoms with E-state index in [-0.39, 0.29) is 5.02 Å². The zero-order valence-electron chi connectivity index (χ0n) is 12.4. The summed E-state index contributed by atoms with van der Waals surface area (Å²) >= 11 is 24.9. The van der Waals surface area contributed by atoms with Crippen LogP contribution in [0.2, 0.25) is 15.1 Å². The summed E-state index contributed by atoms with van der Waals surface area (Å²) < 4.78 is 13.1. The summed E-state index contributed by atoms with van der Waals surface area (Å²) in [6, 6.07) is 9.83. The van der Waals surface area contributed by atoms with Crippen LogP contribution in [0.3, 0.4) is 0 Å². The molecule has 0 amide bonds. The minimum Gasteiger partial charge on any atom is -0.362 e. The molecule has 0 saturated carbocycles. The number of hydrogen-bond donors (Lipinski definition) is 2. The van der Waals surface area contributed by atoms with Crippen molar-refractivity contribution in [2.45, 2.75) is 5.75 Å². The number of anilines is 1. The van der Waals surface area contributed by atoms with Gasteiger partial charge in [0.05, 0.1) is 5.02 Å². The van der Waals surface area contributed by atoms with Crippen LogP contribution in [0.15, 0.2) is 36.4 Å². The van der Waals surface area contributed by atoms with E-state index >= 15 is 0 Å². The summed E-state index contributed by atoms with van der Waals surface area (Å²) in [5, 5.41) is 7.88. The molecule has 0 bridgehead atoms. The molecule has 0 saturated heterocycles. The lowest BCUT2D eigenvalue weighted by atomic mass is 10.2. The Balaban J connectivity index is 1.70. The Kier molecular flexibility index (Phi) is 7.91. The third kappa shape index (κ3) is 5.97. The Bertz CT molecular complexity index is 708. The second-order valence-electron chi connectivity index (χ2n) is 4.76. The highest BCUT2D eigenvalue weighted by molar-refractivity contribution is 7.98. The number of thiocarbonyl (C=S) groups is 1. The van der Waals surface area contributed by atoms with Crippen LogP contribution in [0.25, 0.3) is 0 Å². The van der Waals surface area contributed by atoms with E-state index in [0.29, 0.717) is 27.4 Å². The minimum atomic E-state index is -0.462. The zero-order valence-corrected chi connectivity index (χ0v) is 16.3. The van der Waals surface area contributed by atoms with E-state index in [0.717, 1.165) is 17.1 Å². The zero-order chi connectivity index (χ0) is 17.5. The summed E-state index contributed by atoms with van der Waals surface area (Å²) in [7, 11) is 0. The van der Waals surface area contributed by atoms with Gasteiger partial charge < -0.3 is 10.6 Å². The molecular weight excluding hydrogens is 410 g/mol. The molecule has 2 N–H and O–H groups in total. The third-order valence-corrected chi connectivity index (χ3v) is 5.25. The fourth-order valence-corrected chi connectivity index (χ4v) is 3.83. The molecule has 24 heavy (non-hydrogen) atoms. The number of halogens is 4. The molecule has 2 nitrogen and oxygen atoms in total. The van der Waals surface area contributed by atoms with Gasteiger partial charge in [0.25, 0.3) is 0 Å². The maximum atomic E-state index is 13.1. The fraction of sp³-hybridized carbons (Fsp3) is 0.188. The van der Waals surface area contributed by atoms with Crippen molar-refractivity contribution < 1.29 is 4.39 Å². The van der Waals surface area contributed by atoms with Crippen LogP contribution in [-0.2, 0) is 5.75 Å². The Labute approximate surface area is 165 Å². The van der Waals surface area contributed by atoms with Gasteiger partial charge in [0, 0.05) is 33.8 Å². The highest BCUT2D eigenvalue weighted by Crippen LogP contribution is 2.28. The molecule has 0 aromatic heterocycles. The van der Waals surface area contributed by atoms with Gasteiger partial charge in [0.1, 0.15) is 5.82 Å². The fourth-order valence-electron chi connectivity index (χ4n) is 1.83. The van der Waals surface area contributed by atoms with Gasteiger partial charge in [0.15, 0.2) is 5.11 Å². The molecule has 2 rings (SSSR count). The van der Waals surface area contributed by atoms with Crippen LogP contribution in [-0.4, -0.2) is 17.4 Å². The van der Waals surface area contributed by atoms with E-state index < -0.39 is 5.82 Å². The SMILES string of the molecule is Fc1ccc(NC(=S)NCCSCc2c(Cl)cccc2Cl)cc1Cl. The lowest BCUT2D eigenvalue weighted by Crippen LogP contribution is -2.30. The first-order valence-corrected chi connectivity index (χ1v) is 9.67. The van der Waals surface area contributed by atoms with Gasteiger partial charge >= 0.3 is 0 Å². The largest absolute Gasteiger partial charge is 0.362 e. The standard InChI is InChI=1S/C16H14Cl3FN2S2/c17-12-2-1-3-13(18)11(12)9-24-7-6-21-16(23)22-10-4-5-15(20)14(19)8-10/h1-5,8H,6-7,9H2,(H2,21,22,23). The highest BCUT2D eigenvalue weighted by Gasteiger charge is 2.05. The van der Waals surface area contributed by atoms with E-state index in [9.17, 15) is 4.39 Å². The molecule has 128 valence electrons. The maximum absolute atomic E-state index is 13.1. The molecule has 2 aromatic rings. The third-order valence-electron chi connectivity index (χ3n) is 3.02. The normalized spacial score (nSPS) is 10.5. The monoisotopic (exact) mass is 422 g/mol. The molecular formula is C16H14Cl3FN2S2. The van der Waals surface area contributed by atoms with Crippen molar-refractivity contribution >= 4 is 69.6 Å². The van der Waals surface area contributed by atoms with E-state index in [1.54, 1.807) is 17.8 Å². The van der Waals surface area contributed by atoms with E-state index in [1.165, 1.54) is 12.1 Å². The minimum absolute atomic E-state index is 0.0509. The lowest BCUT2D eigenvalue weighted by Gasteiger charge is -2.11. The van der Waals surface area contributed by atoms with Crippen LogP contribution >= 0.6 is 58.8 Å². The molecule has 2 aromatic carbocycles. The average Bonchev–Trinajstić information content (AvgIpc) is 2.53. The van der Waals surface area contributed by atoms with Crippen LogP contribution in [0.5, 0.6) is 0 Å². The van der Waals surface area contributed by atoms with Gasteiger partial charge in [-0.3, -0.25) is 0 Å². The van der Waals surface area contributed by atoms with Gasteiger partial charge in [-0.15, -0.1) is 0 Å². The molecule has 0 fully saturated rings. The smallest absolute Gasteiger partial charge is 0.170 e. The first kappa shape index (κ1) is 19.6. The van der Waals surface area contributed by atoms with Crippen molar-refractivity contribution in [1.82, 2.24) is 5.32 Å². The molecule has 0 spiro atoms. The average molecular weight is 424 g/mol. The second kappa shape index (κ2) is 9.68. The molecule has 0 heterocycles. The van der Waals surface area contributed by atoms with Crippen molar-refractivity contribution in [3.8, 4) is 0 Å². The van der Waals surface area contributed by atoms with E-state index in [1.807, 2.05) is 18.2 Å². The number of hydrogen-bond acceptors (Lipinski definition) is 2. The number of thioether (sulfide) groups is 1. The number of rotatable bonds is 6. The highest BCUT2D eigenvalue weighted by atomic mass is 35.5.